The molecule has 114 valence electrons. The van der Waals surface area contributed by atoms with E-state index in [1.54, 1.807) is 4.52 Å². The highest BCUT2D eigenvalue weighted by Crippen LogP contribution is 2.17. The molecule has 1 atom stereocenters. The lowest BCUT2D eigenvalue weighted by Gasteiger charge is -2.24. The summed E-state index contributed by atoms with van der Waals surface area (Å²) >= 11 is 0. The minimum atomic E-state index is -3.13. The van der Waals surface area contributed by atoms with Crippen LogP contribution in [0.25, 0.3) is 5.65 Å². The molecule has 0 aromatic carbocycles. The Morgan fingerprint density at radius 3 is 2.76 bits per heavy atom. The smallest absolute Gasteiger partial charge is 0.178 e. The van der Waals surface area contributed by atoms with Crippen LogP contribution in [0.3, 0.4) is 0 Å². The van der Waals surface area contributed by atoms with Gasteiger partial charge >= 0.3 is 0 Å². The van der Waals surface area contributed by atoms with Crippen LogP contribution in [0.2, 0.25) is 0 Å². The summed E-state index contributed by atoms with van der Waals surface area (Å²) in [6.07, 6.45) is 2.04. The summed E-state index contributed by atoms with van der Waals surface area (Å²) in [6, 6.07) is 3.78. The molecule has 3 heterocycles. The van der Waals surface area contributed by atoms with Gasteiger partial charge in [0.2, 0.25) is 0 Å². The molecule has 2 aromatic heterocycles. The van der Waals surface area contributed by atoms with E-state index in [1.165, 1.54) is 10.6 Å². The standard InChI is InChI=1S/C12H18N6O2S/c1-10-13-14-11-4-5-12(15-18(10)11)16-6-3-7-17(9-8-16)21(2,19)20/h4-5H,3,6-9H2,1-2H3. The molecule has 0 N–H and O–H groups in total. The van der Waals surface area contributed by atoms with E-state index in [9.17, 15) is 8.76 Å². The Bertz CT molecular complexity index is 696. The maximum atomic E-state index is 11.6. The van der Waals surface area contributed by atoms with Gasteiger partial charge in [-0.15, -0.1) is 19.6 Å². The maximum Gasteiger partial charge on any atom is 0.178 e. The zero-order valence-electron chi connectivity index (χ0n) is 12.1. The van der Waals surface area contributed by atoms with Gasteiger partial charge in [0.05, 0.1) is 6.54 Å². The van der Waals surface area contributed by atoms with Gasteiger partial charge in [0.25, 0.3) is 0 Å². The van der Waals surface area contributed by atoms with Crippen LogP contribution >= 0.6 is 0 Å². The quantitative estimate of drug-likeness (QED) is 0.732. The van der Waals surface area contributed by atoms with E-state index < -0.39 is 10.4 Å². The van der Waals surface area contributed by atoms with Crippen LogP contribution in [0.5, 0.6) is 0 Å². The van der Waals surface area contributed by atoms with Crippen LogP contribution in [0.1, 0.15) is 12.2 Å². The Morgan fingerprint density at radius 1 is 1.19 bits per heavy atom. The summed E-state index contributed by atoms with van der Waals surface area (Å²) < 4.78 is 26.5. The van der Waals surface area contributed by atoms with Crippen molar-refractivity contribution in [3.05, 3.63) is 18.0 Å². The topological polar surface area (TPSA) is 89.7 Å². The first-order valence-electron chi connectivity index (χ1n) is 6.84. The fraction of sp³-hybridized carbons (Fsp3) is 0.583. The molecule has 1 unspecified atom stereocenters. The third-order valence-electron chi connectivity index (χ3n) is 3.65. The molecule has 0 amide bonds. The van der Waals surface area contributed by atoms with Gasteiger partial charge in [0, 0.05) is 19.6 Å². The normalized spacial score (nSPS) is 20.4. The summed E-state index contributed by atoms with van der Waals surface area (Å²) in [5, 5.41) is 12.5. The fourth-order valence-electron chi connectivity index (χ4n) is 2.51. The van der Waals surface area contributed by atoms with Gasteiger partial charge in [0.15, 0.2) is 11.5 Å². The number of fused-ring (bicyclic) bond motifs is 1. The first-order chi connectivity index (χ1) is 9.95. The number of aryl methyl sites for hydroxylation is 1. The fourth-order valence-corrected chi connectivity index (χ4v) is 3.38. The van der Waals surface area contributed by atoms with E-state index in [2.05, 4.69) is 20.2 Å². The van der Waals surface area contributed by atoms with E-state index >= 15 is 0 Å². The van der Waals surface area contributed by atoms with Crippen molar-refractivity contribution in [2.75, 3.05) is 37.3 Å². The second-order valence-corrected chi connectivity index (χ2v) is 7.19. The van der Waals surface area contributed by atoms with Gasteiger partial charge in [-0.3, -0.25) is 0 Å². The van der Waals surface area contributed by atoms with Gasteiger partial charge in [0.1, 0.15) is 22.5 Å². The first kappa shape index (κ1) is 14.4. The van der Waals surface area contributed by atoms with Crippen molar-refractivity contribution in [1.29, 1.82) is 0 Å². The maximum absolute atomic E-state index is 11.6. The third-order valence-corrected chi connectivity index (χ3v) is 4.96. The minimum Gasteiger partial charge on any atom is -0.598 e. The third kappa shape index (κ3) is 2.89. The number of anilines is 1. The van der Waals surface area contributed by atoms with Gasteiger partial charge in [-0.25, -0.2) is 0 Å². The molecule has 1 saturated heterocycles. The largest absolute Gasteiger partial charge is 0.598 e. The first-order valence-corrected chi connectivity index (χ1v) is 8.69. The summed E-state index contributed by atoms with van der Waals surface area (Å²) in [5.74, 6) is 1.56. The Morgan fingerprint density at radius 2 is 2.00 bits per heavy atom. The van der Waals surface area contributed by atoms with E-state index in [1.807, 2.05) is 19.1 Å². The molecule has 8 nitrogen and oxygen atoms in total. The van der Waals surface area contributed by atoms with E-state index in [-0.39, 0.29) is 0 Å². The van der Waals surface area contributed by atoms with Crippen LogP contribution in [0.15, 0.2) is 12.1 Å². The molecule has 1 fully saturated rings. The van der Waals surface area contributed by atoms with Gasteiger partial charge < -0.3 is 9.45 Å². The van der Waals surface area contributed by atoms with Crippen LogP contribution in [-0.4, -0.2) is 61.1 Å². The molecule has 1 aliphatic rings. The minimum absolute atomic E-state index is 0.486. The molecule has 0 aliphatic carbocycles. The summed E-state index contributed by atoms with van der Waals surface area (Å²) in [7, 11) is -3.13. The lowest BCUT2D eigenvalue weighted by Crippen LogP contribution is -2.38. The monoisotopic (exact) mass is 310 g/mol. The molecule has 2 aromatic rings. The molecular weight excluding hydrogens is 292 g/mol. The average Bonchev–Trinajstić information content (AvgIpc) is 2.65. The van der Waals surface area contributed by atoms with E-state index in [0.29, 0.717) is 25.3 Å². The van der Waals surface area contributed by atoms with Crippen molar-refractivity contribution in [2.45, 2.75) is 13.3 Å². The molecule has 1 aliphatic heterocycles. The van der Waals surface area contributed by atoms with Gasteiger partial charge in [-0.2, -0.15) is 4.52 Å². The molecule has 0 spiro atoms. The Labute approximate surface area is 124 Å². The van der Waals surface area contributed by atoms with Crippen molar-refractivity contribution >= 4 is 21.9 Å². The summed E-state index contributed by atoms with van der Waals surface area (Å²) in [6.45, 7) is 4.31. The van der Waals surface area contributed by atoms with Crippen LogP contribution < -0.4 is 4.90 Å². The Hall–Kier alpha value is -1.58. The zero-order chi connectivity index (χ0) is 15.0. The van der Waals surface area contributed by atoms with E-state index in [4.69, 9.17) is 0 Å². The predicted molar refractivity (Wildman–Crippen MR) is 78.7 cm³/mol. The lowest BCUT2D eigenvalue weighted by atomic mass is 10.4. The van der Waals surface area contributed by atoms with Crippen molar-refractivity contribution in [3.63, 3.8) is 0 Å². The Kier molecular flexibility index (Phi) is 3.64. The second kappa shape index (κ2) is 5.32. The highest BCUT2D eigenvalue weighted by Gasteiger charge is 2.25. The van der Waals surface area contributed by atoms with Crippen molar-refractivity contribution in [2.24, 2.45) is 0 Å². The lowest BCUT2D eigenvalue weighted by molar-refractivity contribution is 0.373. The molecular formula is C12H18N6O2S. The highest BCUT2D eigenvalue weighted by atomic mass is 32.3. The number of nitrogens with zero attached hydrogens (tertiary/aromatic N) is 6. The summed E-state index contributed by atoms with van der Waals surface area (Å²) in [4.78, 5) is 2.10. The molecule has 0 bridgehead atoms. The number of hydrogen-bond acceptors (Lipinski definition) is 6. The molecule has 21 heavy (non-hydrogen) atoms. The van der Waals surface area contributed by atoms with E-state index in [0.717, 1.165) is 24.6 Å². The zero-order valence-corrected chi connectivity index (χ0v) is 12.9. The van der Waals surface area contributed by atoms with Gasteiger partial charge in [-0.05, 0) is 25.5 Å². The second-order valence-electron chi connectivity index (χ2n) is 5.21. The molecule has 0 saturated carbocycles. The molecule has 3 rings (SSSR count). The van der Waals surface area contributed by atoms with Gasteiger partial charge in [-0.1, -0.05) is 4.21 Å². The number of hydrogen-bond donors (Lipinski definition) is 0. The predicted octanol–water partition coefficient (Wildman–Crippen LogP) is 0.120. The van der Waals surface area contributed by atoms with Crippen molar-refractivity contribution in [1.82, 2.24) is 24.1 Å². The van der Waals surface area contributed by atoms with Crippen LogP contribution in [0.4, 0.5) is 5.82 Å². The Balaban J connectivity index is 1.82. The molecule has 9 heteroatoms. The highest BCUT2D eigenvalue weighted by molar-refractivity contribution is 7.94. The summed E-state index contributed by atoms with van der Waals surface area (Å²) in [5.41, 5.74) is 0.712. The SMILES string of the molecule is Cc1nnc2ccc(N3CCCN([S+](C)(=O)[O-])CC3)nn12. The van der Waals surface area contributed by atoms with Crippen LogP contribution in [0, 0.1) is 6.92 Å². The van der Waals surface area contributed by atoms with Crippen molar-refractivity contribution in [3.8, 4) is 0 Å². The number of sulfonamides is 1. The van der Waals surface area contributed by atoms with Crippen LogP contribution in [-0.2, 0) is 14.6 Å². The number of rotatable bonds is 2. The van der Waals surface area contributed by atoms with Crippen molar-refractivity contribution < 1.29 is 8.76 Å². The average molecular weight is 310 g/mol. The number of aromatic nitrogens is 4. The molecule has 0 radical (unpaired) electrons.